The van der Waals surface area contributed by atoms with Gasteiger partial charge in [-0.25, -0.2) is 5.48 Å². The molecule has 4 aliphatic rings. The first kappa shape index (κ1) is 15.1. The summed E-state index contributed by atoms with van der Waals surface area (Å²) in [7, 11) is 0. The Bertz CT molecular complexity index is 444. The van der Waals surface area contributed by atoms with Crippen LogP contribution >= 0.6 is 0 Å². The Morgan fingerprint density at radius 2 is 1.71 bits per heavy atom. The summed E-state index contributed by atoms with van der Waals surface area (Å²) in [5.41, 5.74) is 1.84. The highest BCUT2D eigenvalue weighted by Crippen LogP contribution is 2.69. The highest BCUT2D eigenvalue weighted by Gasteiger charge is 2.62. The molecular weight excluding hydrogens is 283 g/mol. The number of hydrogen-bond acceptors (Lipinski definition) is 2. The van der Waals surface area contributed by atoms with E-state index < -0.39 is 18.2 Å². The monoisotopic (exact) mass is 305 g/mol. The predicted octanol–water partition coefficient (Wildman–Crippen LogP) is 3.59. The van der Waals surface area contributed by atoms with Crippen molar-refractivity contribution < 1.29 is 22.8 Å². The average Bonchev–Trinajstić information content (AvgIpc) is 2.21. The summed E-state index contributed by atoms with van der Waals surface area (Å²) in [6, 6.07) is 0. The Morgan fingerprint density at radius 1 is 1.14 bits per heavy atom. The summed E-state index contributed by atoms with van der Waals surface area (Å²) < 4.78 is 36.3. The molecule has 0 radical (unpaired) electrons. The molecule has 0 aromatic heterocycles. The quantitative estimate of drug-likeness (QED) is 0.809. The van der Waals surface area contributed by atoms with Crippen LogP contribution in [-0.4, -0.2) is 18.7 Å². The van der Waals surface area contributed by atoms with Crippen LogP contribution in [0, 0.1) is 22.2 Å². The molecule has 0 aromatic rings. The number of rotatable bonds is 3. The third kappa shape index (κ3) is 2.79. The fourth-order valence-electron chi connectivity index (χ4n) is 5.99. The molecule has 4 fully saturated rings. The topological polar surface area (TPSA) is 38.3 Å². The molecule has 2 atom stereocenters. The van der Waals surface area contributed by atoms with Crippen LogP contribution in [-0.2, 0) is 9.63 Å². The van der Waals surface area contributed by atoms with Crippen molar-refractivity contribution in [2.45, 2.75) is 58.5 Å². The molecule has 1 amide bonds. The molecular formula is C15H22F3NO2. The number of hydrogen-bond donors (Lipinski definition) is 1. The first-order chi connectivity index (χ1) is 9.53. The van der Waals surface area contributed by atoms with Crippen LogP contribution in [0.1, 0.15) is 52.4 Å². The number of nitrogens with one attached hydrogen (secondary N) is 1. The van der Waals surface area contributed by atoms with Crippen LogP contribution in [0.4, 0.5) is 13.2 Å². The smallest absolute Gasteiger partial charge is 0.272 e. The molecule has 4 saturated carbocycles. The minimum absolute atomic E-state index is 0.148. The Morgan fingerprint density at radius 3 is 2.19 bits per heavy atom. The molecule has 2 unspecified atom stereocenters. The molecule has 0 heterocycles. The van der Waals surface area contributed by atoms with Gasteiger partial charge in [-0.05, 0) is 55.3 Å². The molecule has 21 heavy (non-hydrogen) atoms. The van der Waals surface area contributed by atoms with Gasteiger partial charge in [-0.3, -0.25) is 9.63 Å². The fourth-order valence-corrected chi connectivity index (χ4v) is 5.99. The number of carbonyl (C=O) groups excluding carboxylic acids is 1. The third-order valence-electron chi connectivity index (χ3n) is 5.51. The molecule has 6 heteroatoms. The van der Waals surface area contributed by atoms with Gasteiger partial charge in [0, 0.05) is 0 Å². The van der Waals surface area contributed by atoms with Crippen molar-refractivity contribution >= 4 is 5.91 Å². The third-order valence-corrected chi connectivity index (χ3v) is 5.51. The Kier molecular flexibility index (Phi) is 3.15. The number of hydroxylamine groups is 1. The highest BCUT2D eigenvalue weighted by atomic mass is 19.4. The number of halogens is 3. The van der Waals surface area contributed by atoms with Gasteiger partial charge < -0.3 is 0 Å². The van der Waals surface area contributed by atoms with Gasteiger partial charge in [-0.1, -0.05) is 13.8 Å². The van der Waals surface area contributed by atoms with Crippen molar-refractivity contribution in [2.24, 2.45) is 22.2 Å². The van der Waals surface area contributed by atoms with E-state index in [9.17, 15) is 18.0 Å². The summed E-state index contributed by atoms with van der Waals surface area (Å²) >= 11 is 0. The van der Waals surface area contributed by atoms with Crippen LogP contribution in [0.3, 0.4) is 0 Å². The average molecular weight is 305 g/mol. The van der Waals surface area contributed by atoms with Crippen molar-refractivity contribution in [3.05, 3.63) is 0 Å². The summed E-state index contributed by atoms with van der Waals surface area (Å²) in [5.74, 6) is 0.165. The first-order valence-corrected chi connectivity index (χ1v) is 7.52. The molecule has 0 saturated heterocycles. The zero-order chi connectivity index (χ0) is 15.5. The first-order valence-electron chi connectivity index (χ1n) is 7.52. The number of amides is 1. The molecule has 0 spiro atoms. The highest BCUT2D eigenvalue weighted by molar-refractivity contribution is 5.82. The van der Waals surface area contributed by atoms with Gasteiger partial charge in [-0.2, -0.15) is 13.2 Å². The summed E-state index contributed by atoms with van der Waals surface area (Å²) in [4.78, 5) is 16.9. The van der Waals surface area contributed by atoms with Gasteiger partial charge in [0.05, 0.1) is 5.41 Å². The van der Waals surface area contributed by atoms with Gasteiger partial charge in [0.15, 0.2) is 6.61 Å². The predicted molar refractivity (Wildman–Crippen MR) is 70.0 cm³/mol. The van der Waals surface area contributed by atoms with E-state index in [1.807, 2.05) is 0 Å². The lowest BCUT2D eigenvalue weighted by atomic mass is 9.40. The zero-order valence-electron chi connectivity index (χ0n) is 12.5. The van der Waals surface area contributed by atoms with E-state index in [0.29, 0.717) is 5.92 Å². The fraction of sp³-hybridized carbons (Fsp3) is 0.933. The summed E-state index contributed by atoms with van der Waals surface area (Å²) in [5, 5.41) is 0. The molecule has 4 rings (SSSR count). The summed E-state index contributed by atoms with van der Waals surface area (Å²) in [6.07, 6.45) is 1.31. The van der Waals surface area contributed by atoms with Crippen molar-refractivity contribution in [3.63, 3.8) is 0 Å². The van der Waals surface area contributed by atoms with E-state index in [2.05, 4.69) is 24.2 Å². The van der Waals surface area contributed by atoms with Crippen LogP contribution in [0.2, 0.25) is 0 Å². The zero-order valence-corrected chi connectivity index (χ0v) is 12.5. The second kappa shape index (κ2) is 4.37. The van der Waals surface area contributed by atoms with Crippen LogP contribution in [0.25, 0.3) is 0 Å². The lowest BCUT2D eigenvalue weighted by Crippen LogP contribution is -2.59. The number of alkyl halides is 3. The van der Waals surface area contributed by atoms with Gasteiger partial charge >= 0.3 is 6.18 Å². The normalized spacial score (nSPS) is 44.9. The van der Waals surface area contributed by atoms with E-state index in [-0.39, 0.29) is 16.7 Å². The lowest BCUT2D eigenvalue weighted by molar-refractivity contribution is -0.204. The van der Waals surface area contributed by atoms with Crippen molar-refractivity contribution in [1.82, 2.24) is 5.48 Å². The summed E-state index contributed by atoms with van der Waals surface area (Å²) in [6.45, 7) is 3.00. The van der Waals surface area contributed by atoms with E-state index in [0.717, 1.165) is 38.5 Å². The number of carbonyl (C=O) groups is 1. The van der Waals surface area contributed by atoms with Crippen LogP contribution < -0.4 is 5.48 Å². The van der Waals surface area contributed by atoms with Gasteiger partial charge in [-0.15, -0.1) is 0 Å². The van der Waals surface area contributed by atoms with Crippen molar-refractivity contribution in [1.29, 1.82) is 0 Å². The van der Waals surface area contributed by atoms with E-state index >= 15 is 0 Å². The van der Waals surface area contributed by atoms with Crippen molar-refractivity contribution in [3.8, 4) is 0 Å². The van der Waals surface area contributed by atoms with Gasteiger partial charge in [0.2, 0.25) is 5.91 Å². The second-order valence-electron chi connectivity index (χ2n) is 8.25. The standard InChI is InChI=1S/C15H22F3NO2/c1-12-3-10-4-13(2,6-12)8-14(5-10,7-12)11(20)19-21-9-15(16,17)18/h10H,3-9H2,1-2H3,(H,19,20). The largest absolute Gasteiger partial charge is 0.414 e. The maximum absolute atomic E-state index is 12.5. The molecule has 1 N–H and O–H groups in total. The maximum atomic E-state index is 12.5. The van der Waals surface area contributed by atoms with E-state index in [1.165, 1.54) is 0 Å². The Balaban J connectivity index is 1.71. The molecule has 3 nitrogen and oxygen atoms in total. The van der Waals surface area contributed by atoms with E-state index in [1.54, 1.807) is 0 Å². The van der Waals surface area contributed by atoms with Crippen molar-refractivity contribution in [2.75, 3.05) is 6.61 Å². The maximum Gasteiger partial charge on any atom is 0.414 e. The minimum atomic E-state index is -4.42. The van der Waals surface area contributed by atoms with Gasteiger partial charge in [0.25, 0.3) is 0 Å². The Hall–Kier alpha value is -0.780. The minimum Gasteiger partial charge on any atom is -0.272 e. The SMILES string of the molecule is CC12CC3CC(C)(C1)CC(C(=O)NOCC(F)(F)F)(C3)C2. The molecule has 0 aliphatic heterocycles. The molecule has 0 aromatic carbocycles. The lowest BCUT2D eigenvalue weighted by Gasteiger charge is -2.64. The molecule has 4 aliphatic carbocycles. The van der Waals surface area contributed by atoms with Crippen LogP contribution in [0.5, 0.6) is 0 Å². The molecule has 120 valence electrons. The van der Waals surface area contributed by atoms with Gasteiger partial charge in [0.1, 0.15) is 0 Å². The van der Waals surface area contributed by atoms with E-state index in [4.69, 9.17) is 0 Å². The second-order valence-corrected chi connectivity index (χ2v) is 8.25. The molecule has 4 bridgehead atoms. The van der Waals surface area contributed by atoms with Crippen LogP contribution in [0.15, 0.2) is 0 Å². The Labute approximate surface area is 122 Å².